The Morgan fingerprint density at radius 2 is 0.950 bits per heavy atom. The molecular formula is C30H53N3O7. The molecule has 0 radical (unpaired) electrons. The molecule has 10 nitrogen and oxygen atoms in total. The number of aliphatic carboxylic acids is 1. The van der Waals surface area contributed by atoms with Gasteiger partial charge >= 0.3 is 5.97 Å². The summed E-state index contributed by atoms with van der Waals surface area (Å²) in [4.78, 5) is 39.7. The summed E-state index contributed by atoms with van der Waals surface area (Å²) in [5, 5.41) is 16.0. The van der Waals surface area contributed by atoms with E-state index < -0.39 is 48.3 Å². The van der Waals surface area contributed by atoms with E-state index in [1.54, 1.807) is 0 Å². The summed E-state index contributed by atoms with van der Waals surface area (Å²) >= 11 is 0. The molecule has 2 amide bonds. The average molecular weight is 568 g/mol. The monoisotopic (exact) mass is 567 g/mol. The maximum atomic E-state index is 13.9. The molecule has 3 fully saturated rings. The van der Waals surface area contributed by atoms with Gasteiger partial charge in [-0.3, -0.25) is 9.59 Å². The molecule has 0 aromatic carbocycles. The molecule has 0 aliphatic carbocycles. The van der Waals surface area contributed by atoms with Gasteiger partial charge in [0.25, 0.3) is 11.8 Å². The molecule has 0 aromatic heterocycles. The highest BCUT2D eigenvalue weighted by Crippen LogP contribution is 2.36. The van der Waals surface area contributed by atoms with Crippen molar-refractivity contribution in [1.29, 1.82) is 0 Å². The van der Waals surface area contributed by atoms with Crippen LogP contribution < -0.4 is 16.4 Å². The largest absolute Gasteiger partial charge is 0.479 e. The molecule has 230 valence electrons. The van der Waals surface area contributed by atoms with Crippen molar-refractivity contribution in [2.24, 2.45) is 41.2 Å². The Morgan fingerprint density at radius 1 is 0.600 bits per heavy atom. The van der Waals surface area contributed by atoms with Crippen molar-refractivity contribution in [1.82, 2.24) is 10.6 Å². The first-order valence-electron chi connectivity index (χ1n) is 15.3. The Morgan fingerprint density at radius 3 is 1.38 bits per heavy atom. The van der Waals surface area contributed by atoms with E-state index in [-0.39, 0.29) is 59.7 Å². The predicted octanol–water partition coefficient (Wildman–Crippen LogP) is 2.72. The lowest BCUT2D eigenvalue weighted by atomic mass is 9.77. The summed E-state index contributed by atoms with van der Waals surface area (Å²) in [7, 11) is 0. The molecule has 7 unspecified atom stereocenters. The van der Waals surface area contributed by atoms with Gasteiger partial charge < -0.3 is 35.7 Å². The SMILES string of the molecule is CCC1OC(C(=O)NC2[C@@H](C)C(C)[C@@H](CC)O[C@H]2C(=O)O)[C@H](NC(=O)[C@@H]2O[C@H](CC)C(C)[C@H](C)C2N)C(C)[C@@H]1C. The predicted molar refractivity (Wildman–Crippen MR) is 151 cm³/mol. The smallest absolute Gasteiger partial charge is 0.335 e. The van der Waals surface area contributed by atoms with Gasteiger partial charge in [0, 0.05) is 6.04 Å². The lowest BCUT2D eigenvalue weighted by Crippen LogP contribution is -2.67. The molecule has 10 heteroatoms. The van der Waals surface area contributed by atoms with Gasteiger partial charge in [-0.2, -0.15) is 0 Å². The van der Waals surface area contributed by atoms with E-state index in [0.717, 1.165) is 6.42 Å². The Hall–Kier alpha value is -1.75. The zero-order valence-corrected chi connectivity index (χ0v) is 25.8. The van der Waals surface area contributed by atoms with Gasteiger partial charge in [-0.1, -0.05) is 62.3 Å². The number of carbonyl (C=O) groups excluding carboxylic acids is 2. The molecule has 0 aromatic rings. The summed E-state index contributed by atoms with van der Waals surface area (Å²) in [6.45, 7) is 18.2. The number of nitrogens with one attached hydrogen (secondary N) is 2. The minimum atomic E-state index is -1.17. The molecule has 40 heavy (non-hydrogen) atoms. The molecule has 3 aliphatic rings. The van der Waals surface area contributed by atoms with Crippen molar-refractivity contribution >= 4 is 17.8 Å². The Labute approximate surface area is 239 Å². The van der Waals surface area contributed by atoms with E-state index in [1.807, 2.05) is 48.5 Å². The van der Waals surface area contributed by atoms with Crippen LogP contribution in [0.5, 0.6) is 0 Å². The van der Waals surface area contributed by atoms with Gasteiger partial charge in [0.1, 0.15) is 0 Å². The van der Waals surface area contributed by atoms with E-state index in [0.29, 0.717) is 12.8 Å². The van der Waals surface area contributed by atoms with Crippen LogP contribution in [0, 0.1) is 35.5 Å². The molecule has 3 aliphatic heterocycles. The highest BCUT2D eigenvalue weighted by atomic mass is 16.5. The van der Waals surface area contributed by atoms with Crippen molar-refractivity contribution in [2.45, 2.75) is 136 Å². The van der Waals surface area contributed by atoms with Crippen LogP contribution in [-0.4, -0.2) is 77.6 Å². The van der Waals surface area contributed by atoms with Crippen molar-refractivity contribution in [2.75, 3.05) is 0 Å². The summed E-state index contributed by atoms with van der Waals surface area (Å²) in [6.07, 6.45) is -1.31. The lowest BCUT2D eigenvalue weighted by molar-refractivity contribution is -0.179. The van der Waals surface area contributed by atoms with Crippen molar-refractivity contribution in [3.63, 3.8) is 0 Å². The quantitative estimate of drug-likeness (QED) is 0.350. The number of amides is 2. The van der Waals surface area contributed by atoms with E-state index in [4.69, 9.17) is 19.9 Å². The van der Waals surface area contributed by atoms with Gasteiger partial charge in [-0.25, -0.2) is 4.79 Å². The first-order chi connectivity index (χ1) is 18.8. The molecule has 3 heterocycles. The lowest BCUT2D eigenvalue weighted by Gasteiger charge is -2.47. The summed E-state index contributed by atoms with van der Waals surface area (Å²) in [5.74, 6) is -1.68. The fraction of sp³-hybridized carbons (Fsp3) is 0.900. The zero-order valence-electron chi connectivity index (χ0n) is 25.8. The number of carboxylic acids is 1. The topological polar surface area (TPSA) is 149 Å². The van der Waals surface area contributed by atoms with Crippen LogP contribution in [0.25, 0.3) is 0 Å². The van der Waals surface area contributed by atoms with Gasteiger partial charge in [0.15, 0.2) is 18.3 Å². The van der Waals surface area contributed by atoms with Crippen LogP contribution >= 0.6 is 0 Å². The highest BCUT2D eigenvalue weighted by molar-refractivity contribution is 5.86. The van der Waals surface area contributed by atoms with E-state index in [9.17, 15) is 19.5 Å². The van der Waals surface area contributed by atoms with Crippen LogP contribution in [0.4, 0.5) is 0 Å². The number of hydrogen-bond acceptors (Lipinski definition) is 7. The average Bonchev–Trinajstić information content (AvgIpc) is 2.92. The molecule has 5 N–H and O–H groups in total. The molecule has 0 bridgehead atoms. The van der Waals surface area contributed by atoms with Crippen LogP contribution in [0.2, 0.25) is 0 Å². The number of rotatable bonds is 8. The summed E-state index contributed by atoms with van der Waals surface area (Å²) in [5.41, 5.74) is 6.49. The number of carbonyl (C=O) groups is 3. The Kier molecular flexibility index (Phi) is 11.0. The third-order valence-corrected chi connectivity index (χ3v) is 10.5. The standard InChI is InChI=1S/C30H53N3O7/c1-10-19-13(4)16(7)22(31)25(38-19)28(34)32-23-17(8)14(5)20(11-2)39-26(23)29(35)33-24-18(9)15(6)21(12-3)40-27(24)30(36)37/h13-27H,10-12,31H2,1-9H3,(H,32,34)(H,33,35)(H,36,37)/t13?,14-,15?,16-,17?,18-,19+,20?,21+,22?,23+,24?,25+,26?,27+/m0/s1. The van der Waals surface area contributed by atoms with Crippen molar-refractivity contribution in [3.8, 4) is 0 Å². The van der Waals surface area contributed by atoms with E-state index >= 15 is 0 Å². The van der Waals surface area contributed by atoms with Gasteiger partial charge in [0.05, 0.1) is 30.4 Å². The minimum absolute atomic E-state index is 0.0526. The number of hydrogen-bond donors (Lipinski definition) is 4. The maximum absolute atomic E-state index is 13.9. The van der Waals surface area contributed by atoms with Gasteiger partial charge in [0.2, 0.25) is 0 Å². The summed E-state index contributed by atoms with van der Waals surface area (Å²) in [6, 6.07) is -1.85. The maximum Gasteiger partial charge on any atom is 0.335 e. The van der Waals surface area contributed by atoms with E-state index in [1.165, 1.54) is 0 Å². The second kappa shape index (κ2) is 13.5. The second-order valence-corrected chi connectivity index (χ2v) is 12.6. The van der Waals surface area contributed by atoms with Crippen molar-refractivity contribution < 1.29 is 33.7 Å². The van der Waals surface area contributed by atoms with Crippen LogP contribution in [0.3, 0.4) is 0 Å². The number of carboxylic acid groups (broad SMARTS) is 1. The summed E-state index contributed by atoms with van der Waals surface area (Å²) < 4.78 is 18.5. The van der Waals surface area contributed by atoms with E-state index in [2.05, 4.69) is 24.5 Å². The minimum Gasteiger partial charge on any atom is -0.479 e. The number of ether oxygens (including phenoxy) is 3. The molecule has 3 saturated heterocycles. The van der Waals surface area contributed by atoms with Gasteiger partial charge in [-0.05, 0) is 54.8 Å². The normalized spacial score (nSPS) is 45.9. The molecule has 15 atom stereocenters. The Balaban J connectivity index is 1.85. The van der Waals surface area contributed by atoms with Crippen molar-refractivity contribution in [3.05, 3.63) is 0 Å². The fourth-order valence-corrected chi connectivity index (χ4v) is 7.03. The van der Waals surface area contributed by atoms with Crippen LogP contribution in [0.1, 0.15) is 81.6 Å². The number of nitrogens with two attached hydrogens (primary N) is 1. The molecule has 3 rings (SSSR count). The third-order valence-electron chi connectivity index (χ3n) is 10.5. The molecular weight excluding hydrogens is 514 g/mol. The fourth-order valence-electron chi connectivity index (χ4n) is 7.03. The molecule has 0 spiro atoms. The Bertz CT molecular complexity index is 901. The first kappa shape index (κ1) is 32.8. The second-order valence-electron chi connectivity index (χ2n) is 12.6. The third kappa shape index (κ3) is 6.35. The highest BCUT2D eigenvalue weighted by Gasteiger charge is 2.50. The van der Waals surface area contributed by atoms with Crippen LogP contribution in [0.15, 0.2) is 0 Å². The first-order valence-corrected chi connectivity index (χ1v) is 15.3. The van der Waals surface area contributed by atoms with Crippen LogP contribution in [-0.2, 0) is 28.6 Å². The van der Waals surface area contributed by atoms with Gasteiger partial charge in [-0.15, -0.1) is 0 Å². The zero-order chi connectivity index (χ0) is 30.0. The molecule has 0 saturated carbocycles.